The van der Waals surface area contributed by atoms with Crippen LogP contribution in [0.2, 0.25) is 0 Å². The van der Waals surface area contributed by atoms with Gasteiger partial charge in [-0.25, -0.2) is 4.39 Å². The van der Waals surface area contributed by atoms with Crippen molar-refractivity contribution < 1.29 is 9.13 Å². The van der Waals surface area contributed by atoms with Crippen LogP contribution in [0.15, 0.2) is 18.2 Å². The fraction of sp³-hybridized carbons (Fsp3) is 0.647. The quantitative estimate of drug-likeness (QED) is 0.925. The zero-order chi connectivity index (χ0) is 14.8. The molecule has 1 aliphatic carbocycles. The normalized spacial score (nSPS) is 27.3. The van der Waals surface area contributed by atoms with E-state index in [2.05, 4.69) is 17.1 Å². The van der Waals surface area contributed by atoms with Gasteiger partial charge in [0.15, 0.2) is 0 Å². The molecule has 3 nitrogen and oxygen atoms in total. The maximum absolute atomic E-state index is 14.6. The first kappa shape index (κ1) is 14.8. The van der Waals surface area contributed by atoms with Crippen LogP contribution in [-0.2, 0) is 4.74 Å². The first-order chi connectivity index (χ1) is 10.2. The Labute approximate surface area is 126 Å². The predicted molar refractivity (Wildman–Crippen MR) is 83.2 cm³/mol. The van der Waals surface area contributed by atoms with Gasteiger partial charge in [0.2, 0.25) is 0 Å². The van der Waals surface area contributed by atoms with Crippen molar-refractivity contribution in [3.8, 4) is 0 Å². The summed E-state index contributed by atoms with van der Waals surface area (Å²) in [5, 5.41) is 3.24. The fourth-order valence-corrected chi connectivity index (χ4v) is 3.71. The Balaban J connectivity index is 1.98. The average Bonchev–Trinajstić information content (AvgIpc) is 2.53. The lowest BCUT2D eigenvalue weighted by molar-refractivity contribution is -0.00900. The van der Waals surface area contributed by atoms with E-state index in [9.17, 15) is 4.39 Å². The van der Waals surface area contributed by atoms with Crippen LogP contribution < -0.4 is 10.2 Å². The van der Waals surface area contributed by atoms with Gasteiger partial charge in [0, 0.05) is 12.6 Å². The molecule has 0 spiro atoms. The molecule has 116 valence electrons. The Kier molecular flexibility index (Phi) is 4.45. The molecule has 1 aromatic rings. The summed E-state index contributed by atoms with van der Waals surface area (Å²) in [7, 11) is 1.92. The maximum atomic E-state index is 14.6. The van der Waals surface area contributed by atoms with Crippen LogP contribution in [-0.4, -0.2) is 32.3 Å². The molecule has 2 fully saturated rings. The zero-order valence-corrected chi connectivity index (χ0v) is 12.9. The standard InChI is InChI=1S/C17H25FN2O/c1-12(19-2)13-6-5-7-14(18)17(13)20-10-11-21-16-9-4-3-8-15(16)20/h5-7,12,15-16,19H,3-4,8-11H2,1-2H3. The Morgan fingerprint density at radius 2 is 2.14 bits per heavy atom. The number of ether oxygens (including phenoxy) is 1. The number of para-hydroxylation sites is 1. The number of halogens is 1. The van der Waals surface area contributed by atoms with Crippen molar-refractivity contribution in [2.75, 3.05) is 25.1 Å². The molecular formula is C17H25FN2O. The van der Waals surface area contributed by atoms with Gasteiger partial charge in [-0.05, 0) is 38.4 Å². The number of anilines is 1. The highest BCUT2D eigenvalue weighted by Gasteiger charge is 2.36. The van der Waals surface area contributed by atoms with Gasteiger partial charge in [-0.2, -0.15) is 0 Å². The summed E-state index contributed by atoms with van der Waals surface area (Å²) < 4.78 is 20.5. The number of hydrogen-bond acceptors (Lipinski definition) is 3. The van der Waals surface area contributed by atoms with E-state index in [0.29, 0.717) is 12.6 Å². The maximum Gasteiger partial charge on any atom is 0.146 e. The van der Waals surface area contributed by atoms with Crippen molar-refractivity contribution in [2.24, 2.45) is 0 Å². The molecule has 3 rings (SSSR count). The third-order valence-corrected chi connectivity index (χ3v) is 4.94. The van der Waals surface area contributed by atoms with Gasteiger partial charge < -0.3 is 15.0 Å². The van der Waals surface area contributed by atoms with Crippen molar-refractivity contribution in [2.45, 2.75) is 50.8 Å². The molecule has 2 aliphatic rings. The summed E-state index contributed by atoms with van der Waals surface area (Å²) in [5.74, 6) is -0.110. The molecule has 21 heavy (non-hydrogen) atoms. The Hall–Kier alpha value is -1.13. The molecule has 4 heteroatoms. The first-order valence-electron chi connectivity index (χ1n) is 8.06. The van der Waals surface area contributed by atoms with Gasteiger partial charge in [-0.15, -0.1) is 0 Å². The van der Waals surface area contributed by atoms with Crippen LogP contribution in [0.3, 0.4) is 0 Å². The molecule has 0 aromatic heterocycles. The van der Waals surface area contributed by atoms with Crippen molar-refractivity contribution in [1.82, 2.24) is 5.32 Å². The van der Waals surface area contributed by atoms with E-state index in [1.165, 1.54) is 12.8 Å². The van der Waals surface area contributed by atoms with E-state index in [1.807, 2.05) is 13.1 Å². The van der Waals surface area contributed by atoms with Gasteiger partial charge in [-0.1, -0.05) is 25.0 Å². The largest absolute Gasteiger partial charge is 0.374 e. The molecule has 0 amide bonds. The summed E-state index contributed by atoms with van der Waals surface area (Å²) in [4.78, 5) is 2.27. The minimum atomic E-state index is -0.110. The zero-order valence-electron chi connectivity index (χ0n) is 12.9. The monoisotopic (exact) mass is 292 g/mol. The van der Waals surface area contributed by atoms with Crippen molar-refractivity contribution in [3.05, 3.63) is 29.6 Å². The van der Waals surface area contributed by atoms with Crippen LogP contribution in [0.1, 0.15) is 44.2 Å². The molecule has 1 aliphatic heterocycles. The smallest absolute Gasteiger partial charge is 0.146 e. The number of rotatable bonds is 3. The molecule has 0 radical (unpaired) electrons. The van der Waals surface area contributed by atoms with Crippen LogP contribution in [0.4, 0.5) is 10.1 Å². The van der Waals surface area contributed by atoms with Crippen molar-refractivity contribution in [1.29, 1.82) is 0 Å². The summed E-state index contributed by atoms with van der Waals surface area (Å²) in [6.45, 7) is 3.56. The number of benzene rings is 1. The third kappa shape index (κ3) is 2.79. The predicted octanol–water partition coefficient (Wildman–Crippen LogP) is 3.25. The molecule has 1 aromatic carbocycles. The second-order valence-electron chi connectivity index (χ2n) is 6.14. The Morgan fingerprint density at radius 1 is 1.33 bits per heavy atom. The number of fused-ring (bicyclic) bond motifs is 1. The fourth-order valence-electron chi connectivity index (χ4n) is 3.71. The summed E-state index contributed by atoms with van der Waals surface area (Å²) in [6.07, 6.45) is 4.92. The van der Waals surface area contributed by atoms with Gasteiger partial charge in [0.05, 0.1) is 24.4 Å². The molecular weight excluding hydrogens is 267 g/mol. The van der Waals surface area contributed by atoms with E-state index < -0.39 is 0 Å². The molecule has 1 saturated heterocycles. The van der Waals surface area contributed by atoms with Gasteiger partial charge in [-0.3, -0.25) is 0 Å². The molecule has 0 bridgehead atoms. The van der Waals surface area contributed by atoms with E-state index in [1.54, 1.807) is 12.1 Å². The second kappa shape index (κ2) is 6.32. The number of morpholine rings is 1. The second-order valence-corrected chi connectivity index (χ2v) is 6.14. The van der Waals surface area contributed by atoms with E-state index in [-0.39, 0.29) is 18.0 Å². The van der Waals surface area contributed by atoms with Crippen LogP contribution in [0, 0.1) is 5.82 Å². The van der Waals surface area contributed by atoms with Crippen molar-refractivity contribution in [3.63, 3.8) is 0 Å². The average molecular weight is 292 g/mol. The van der Waals surface area contributed by atoms with Gasteiger partial charge in [0.1, 0.15) is 5.82 Å². The molecule has 3 unspecified atom stereocenters. The van der Waals surface area contributed by atoms with Crippen LogP contribution in [0.25, 0.3) is 0 Å². The lowest BCUT2D eigenvalue weighted by atomic mass is 9.89. The molecule has 1 saturated carbocycles. The highest BCUT2D eigenvalue weighted by molar-refractivity contribution is 5.57. The highest BCUT2D eigenvalue weighted by Crippen LogP contribution is 2.36. The summed E-state index contributed by atoms with van der Waals surface area (Å²) >= 11 is 0. The number of nitrogens with one attached hydrogen (secondary N) is 1. The third-order valence-electron chi connectivity index (χ3n) is 4.94. The molecule has 3 atom stereocenters. The van der Waals surface area contributed by atoms with E-state index in [4.69, 9.17) is 4.74 Å². The minimum Gasteiger partial charge on any atom is -0.374 e. The Morgan fingerprint density at radius 3 is 2.95 bits per heavy atom. The number of hydrogen-bond donors (Lipinski definition) is 1. The van der Waals surface area contributed by atoms with Crippen molar-refractivity contribution >= 4 is 5.69 Å². The van der Waals surface area contributed by atoms with Gasteiger partial charge >= 0.3 is 0 Å². The molecule has 1 heterocycles. The summed E-state index contributed by atoms with van der Waals surface area (Å²) in [6, 6.07) is 5.88. The molecule has 1 N–H and O–H groups in total. The van der Waals surface area contributed by atoms with Crippen LogP contribution in [0.5, 0.6) is 0 Å². The lowest BCUT2D eigenvalue weighted by Gasteiger charge is -2.46. The SMILES string of the molecule is CNC(C)c1cccc(F)c1N1CCOC2CCCCC21. The first-order valence-corrected chi connectivity index (χ1v) is 8.06. The van der Waals surface area contributed by atoms with E-state index >= 15 is 0 Å². The Bertz CT molecular complexity index is 492. The number of nitrogens with zero attached hydrogens (tertiary/aromatic N) is 1. The highest BCUT2D eigenvalue weighted by atomic mass is 19.1. The topological polar surface area (TPSA) is 24.5 Å². The van der Waals surface area contributed by atoms with E-state index in [0.717, 1.165) is 30.6 Å². The summed E-state index contributed by atoms with van der Waals surface area (Å²) in [5.41, 5.74) is 1.82. The minimum absolute atomic E-state index is 0.110. The van der Waals surface area contributed by atoms with Crippen LogP contribution >= 0.6 is 0 Å². The van der Waals surface area contributed by atoms with Gasteiger partial charge in [0.25, 0.3) is 0 Å². The lowest BCUT2D eigenvalue weighted by Crippen LogP contribution is -2.53.